The molecular weight excluding hydrogens is 528 g/mol. The Kier molecular flexibility index (Phi) is 4.80. The van der Waals surface area contributed by atoms with Gasteiger partial charge in [-0.3, -0.25) is 9.80 Å². The number of hydrogen-bond donors (Lipinski definition) is 1. The van der Waals surface area contributed by atoms with E-state index in [1.165, 1.54) is 61.1 Å². The van der Waals surface area contributed by atoms with Gasteiger partial charge in [-0.2, -0.15) is 0 Å². The SMILES string of the molecule is C/C=C1/CN2[C@H]3C[C@@H]1C(C1OC[C@H]4[C@H]5C[C@@H]6N(CC[C@@]67c6ccccc6N1[C@@H]47)C[C@@H]5CC)[C@@H]2Cc1c3[nH]c2ccccc12. The molecule has 3 aromatic rings. The molecular formula is C38H44N4O. The maximum Gasteiger partial charge on any atom is 0.135 e. The number of benzene rings is 2. The quantitative estimate of drug-likeness (QED) is 0.368. The van der Waals surface area contributed by atoms with Crippen LogP contribution in [0.4, 0.5) is 5.69 Å². The number of anilines is 1. The molecule has 1 aliphatic carbocycles. The molecule has 1 spiro atoms. The molecule has 7 fully saturated rings. The number of aromatic amines is 1. The fourth-order valence-electron chi connectivity index (χ4n) is 13.0. The van der Waals surface area contributed by atoms with Gasteiger partial charge in [0.05, 0.1) is 12.6 Å². The minimum atomic E-state index is 0.148. The van der Waals surface area contributed by atoms with Crippen LogP contribution in [-0.4, -0.2) is 65.4 Å². The summed E-state index contributed by atoms with van der Waals surface area (Å²) in [7, 11) is 0. The number of ether oxygens (including phenoxy) is 1. The highest BCUT2D eigenvalue weighted by Crippen LogP contribution is 2.66. The van der Waals surface area contributed by atoms with Gasteiger partial charge in [0, 0.05) is 70.8 Å². The summed E-state index contributed by atoms with van der Waals surface area (Å²) in [6.45, 7) is 9.40. The second-order valence-electron chi connectivity index (χ2n) is 15.4. The van der Waals surface area contributed by atoms with Gasteiger partial charge in [-0.25, -0.2) is 0 Å². The molecule has 0 amide bonds. The zero-order valence-electron chi connectivity index (χ0n) is 25.6. The Morgan fingerprint density at radius 3 is 2.86 bits per heavy atom. The van der Waals surface area contributed by atoms with Crippen molar-refractivity contribution < 1.29 is 4.74 Å². The van der Waals surface area contributed by atoms with Gasteiger partial charge >= 0.3 is 0 Å². The van der Waals surface area contributed by atoms with Crippen LogP contribution in [0, 0.1) is 29.6 Å². The van der Waals surface area contributed by atoms with Gasteiger partial charge in [0.15, 0.2) is 0 Å². The third-order valence-electron chi connectivity index (χ3n) is 14.5. The second-order valence-corrected chi connectivity index (χ2v) is 15.4. The van der Waals surface area contributed by atoms with Gasteiger partial charge in [0.2, 0.25) is 0 Å². The Hall–Kier alpha value is -2.60. The van der Waals surface area contributed by atoms with Crippen molar-refractivity contribution in [3.63, 3.8) is 0 Å². The fraction of sp³-hybridized carbons (Fsp3) is 0.579. The summed E-state index contributed by atoms with van der Waals surface area (Å²) < 4.78 is 7.41. The third kappa shape index (κ3) is 2.80. The van der Waals surface area contributed by atoms with E-state index >= 15 is 0 Å². The fourth-order valence-corrected chi connectivity index (χ4v) is 13.0. The molecule has 3 unspecified atom stereocenters. The molecule has 1 N–H and O–H groups in total. The van der Waals surface area contributed by atoms with Crippen LogP contribution < -0.4 is 4.90 Å². The molecule has 0 radical (unpaired) electrons. The van der Waals surface area contributed by atoms with Crippen molar-refractivity contribution in [3.8, 4) is 0 Å². The van der Waals surface area contributed by atoms with Gasteiger partial charge in [-0.05, 0) is 80.2 Å². The number of allylic oxidation sites excluding steroid dienone is 1. The summed E-state index contributed by atoms with van der Waals surface area (Å²) in [5.74, 6) is 3.33. The highest BCUT2D eigenvalue weighted by Gasteiger charge is 2.71. The van der Waals surface area contributed by atoms with E-state index in [1.807, 2.05) is 0 Å². The molecule has 5 heteroatoms. The van der Waals surface area contributed by atoms with Crippen LogP contribution in [0.15, 0.2) is 60.2 Å². The van der Waals surface area contributed by atoms with Crippen molar-refractivity contribution in [3.05, 3.63) is 77.0 Å². The number of nitrogens with zero attached hydrogens (tertiary/aromatic N) is 3. The Balaban J connectivity index is 1.07. The smallest absolute Gasteiger partial charge is 0.135 e. The lowest BCUT2D eigenvalue weighted by atomic mass is 9.54. The normalized spacial score (nSPS) is 45.9. The lowest BCUT2D eigenvalue weighted by molar-refractivity contribution is -0.157. The molecule has 1 saturated carbocycles. The van der Waals surface area contributed by atoms with Crippen molar-refractivity contribution in [2.45, 2.75) is 81.8 Å². The summed E-state index contributed by atoms with van der Waals surface area (Å²) >= 11 is 0. The van der Waals surface area contributed by atoms with Crippen LogP contribution in [0.2, 0.25) is 0 Å². The molecule has 9 heterocycles. The molecule has 12 rings (SSSR count). The predicted octanol–water partition coefficient (Wildman–Crippen LogP) is 6.26. The molecule has 5 nitrogen and oxygen atoms in total. The first-order valence-corrected chi connectivity index (χ1v) is 17.4. The highest BCUT2D eigenvalue weighted by atomic mass is 16.5. The molecule has 12 atom stereocenters. The van der Waals surface area contributed by atoms with E-state index in [-0.39, 0.29) is 11.6 Å². The first-order valence-electron chi connectivity index (χ1n) is 17.4. The number of para-hydroxylation sites is 2. The summed E-state index contributed by atoms with van der Waals surface area (Å²) in [6, 6.07) is 21.0. The van der Waals surface area contributed by atoms with E-state index in [2.05, 4.69) is 88.1 Å². The topological polar surface area (TPSA) is 34.7 Å². The van der Waals surface area contributed by atoms with Crippen LogP contribution in [0.1, 0.15) is 62.4 Å². The standard InChI is InChI=1S/C38H44N4O/c1-3-21-18-40-14-13-38-28-10-6-8-12-30(28)42-36(38)27(24(21)17-33(38)40)20-43-37(42)34-25-15-32-35-26(23-9-5-7-11-29(23)39-35)16-31(34)41(32)19-22(25)4-2/h4-12,21,24-25,27,31-34,36-37,39H,3,13-20H2,1-2H3/b22-4-/t21-,24-,25-,27-,31-,32-,33-,34?,36-,37?,38+/m0/s1. The second kappa shape index (κ2) is 8.35. The number of piperidine rings is 4. The maximum absolute atomic E-state index is 7.41. The number of H-pyrrole nitrogens is 1. The first-order chi connectivity index (χ1) is 21.2. The summed E-state index contributed by atoms with van der Waals surface area (Å²) in [4.78, 5) is 12.7. The largest absolute Gasteiger partial charge is 0.358 e. The van der Waals surface area contributed by atoms with Crippen molar-refractivity contribution >= 4 is 16.6 Å². The third-order valence-corrected chi connectivity index (χ3v) is 14.5. The number of rotatable bonds is 2. The Morgan fingerprint density at radius 2 is 1.95 bits per heavy atom. The number of nitrogens with one attached hydrogen (secondary N) is 1. The maximum atomic E-state index is 7.41. The molecule has 222 valence electrons. The lowest BCUT2D eigenvalue weighted by Crippen LogP contribution is -2.73. The van der Waals surface area contributed by atoms with Gasteiger partial charge in [0.25, 0.3) is 0 Å². The molecule has 6 saturated heterocycles. The average Bonchev–Trinajstić information content (AvgIpc) is 3.73. The number of fused-ring (bicyclic) bond motifs is 8. The Labute approximate surface area is 255 Å². The van der Waals surface area contributed by atoms with Crippen molar-refractivity contribution in [1.29, 1.82) is 0 Å². The summed E-state index contributed by atoms with van der Waals surface area (Å²) in [5, 5.41) is 1.45. The van der Waals surface area contributed by atoms with E-state index in [4.69, 9.17) is 4.74 Å². The summed E-state index contributed by atoms with van der Waals surface area (Å²) in [6.07, 6.45) is 8.98. The first kappa shape index (κ1) is 24.7. The number of aromatic nitrogens is 1. The molecule has 2 aromatic carbocycles. The molecule has 8 aliphatic heterocycles. The van der Waals surface area contributed by atoms with Crippen LogP contribution in [-0.2, 0) is 16.6 Å². The zero-order chi connectivity index (χ0) is 28.2. The Morgan fingerprint density at radius 1 is 1.07 bits per heavy atom. The van der Waals surface area contributed by atoms with Crippen LogP contribution in [0.5, 0.6) is 0 Å². The van der Waals surface area contributed by atoms with E-state index in [1.54, 1.807) is 16.7 Å². The van der Waals surface area contributed by atoms with Gasteiger partial charge in [-0.1, -0.05) is 61.4 Å². The van der Waals surface area contributed by atoms with Crippen LogP contribution in [0.3, 0.4) is 0 Å². The molecule has 6 bridgehead atoms. The monoisotopic (exact) mass is 572 g/mol. The van der Waals surface area contributed by atoms with E-state index in [9.17, 15) is 0 Å². The molecule has 1 aromatic heterocycles. The molecule has 43 heavy (non-hydrogen) atoms. The van der Waals surface area contributed by atoms with Crippen molar-refractivity contribution in [2.75, 3.05) is 31.1 Å². The minimum absolute atomic E-state index is 0.148. The highest BCUT2D eigenvalue weighted by molar-refractivity contribution is 5.85. The number of hydrogen-bond acceptors (Lipinski definition) is 4. The van der Waals surface area contributed by atoms with Gasteiger partial charge < -0.3 is 14.6 Å². The van der Waals surface area contributed by atoms with E-state index in [0.717, 1.165) is 31.4 Å². The zero-order valence-corrected chi connectivity index (χ0v) is 25.6. The van der Waals surface area contributed by atoms with Crippen molar-refractivity contribution in [1.82, 2.24) is 14.8 Å². The average molecular weight is 573 g/mol. The van der Waals surface area contributed by atoms with E-state index < -0.39 is 0 Å². The van der Waals surface area contributed by atoms with E-state index in [0.29, 0.717) is 41.9 Å². The predicted molar refractivity (Wildman–Crippen MR) is 170 cm³/mol. The van der Waals surface area contributed by atoms with Crippen LogP contribution >= 0.6 is 0 Å². The minimum Gasteiger partial charge on any atom is -0.358 e. The van der Waals surface area contributed by atoms with Gasteiger partial charge in [0.1, 0.15) is 6.23 Å². The Bertz CT molecular complexity index is 1690. The molecule has 9 aliphatic rings. The lowest BCUT2D eigenvalue weighted by Gasteiger charge is -2.65. The van der Waals surface area contributed by atoms with Crippen LogP contribution in [0.25, 0.3) is 10.9 Å². The van der Waals surface area contributed by atoms with Gasteiger partial charge in [-0.15, -0.1) is 0 Å². The summed E-state index contributed by atoms with van der Waals surface area (Å²) in [5.41, 5.74) is 9.52. The van der Waals surface area contributed by atoms with Crippen molar-refractivity contribution in [2.24, 2.45) is 29.6 Å².